The fraction of sp³-hybridized carbons (Fsp3) is 0.917. The van der Waals surface area contributed by atoms with Gasteiger partial charge >= 0.3 is 5.97 Å². The van der Waals surface area contributed by atoms with Crippen LogP contribution in [-0.2, 0) is 14.6 Å². The number of unbranched alkanes of at least 4 members (excludes halogenated alkanes) is 2. The maximum atomic E-state index is 11.6. The fourth-order valence-electron chi connectivity index (χ4n) is 1.13. The summed E-state index contributed by atoms with van der Waals surface area (Å²) in [7, 11) is 0. The molecule has 0 aliphatic rings. The van der Waals surface area contributed by atoms with Gasteiger partial charge in [-0.05, 0) is 26.7 Å². The highest BCUT2D eigenvalue weighted by Crippen LogP contribution is 2.24. The van der Waals surface area contributed by atoms with Crippen LogP contribution in [0, 0.1) is 5.41 Å². The second-order valence-corrected chi connectivity index (χ2v) is 4.53. The summed E-state index contributed by atoms with van der Waals surface area (Å²) in [5.41, 5.74) is -0.428. The quantitative estimate of drug-likeness (QED) is 0.354. The topological polar surface area (TPSA) is 35.5 Å². The SMILES string of the molecule is CCCCOOC(=O)C(C)(C)CCCC. The number of hydrogen-bond donors (Lipinski definition) is 0. The molecule has 0 N–H and O–H groups in total. The lowest BCUT2D eigenvalue weighted by atomic mass is 9.87. The molecule has 0 aliphatic heterocycles. The van der Waals surface area contributed by atoms with Crippen LogP contribution >= 0.6 is 0 Å². The normalized spacial score (nSPS) is 11.5. The van der Waals surface area contributed by atoms with Crippen molar-refractivity contribution in [2.45, 2.75) is 59.8 Å². The number of carbonyl (C=O) groups is 1. The van der Waals surface area contributed by atoms with Crippen molar-refractivity contribution in [2.75, 3.05) is 6.61 Å². The minimum absolute atomic E-state index is 0.257. The van der Waals surface area contributed by atoms with E-state index in [1.165, 1.54) is 0 Å². The van der Waals surface area contributed by atoms with Gasteiger partial charge in [-0.15, -0.1) is 0 Å². The minimum Gasteiger partial charge on any atom is -0.298 e. The molecule has 0 rings (SSSR count). The Bertz CT molecular complexity index is 176. The van der Waals surface area contributed by atoms with Gasteiger partial charge in [-0.25, -0.2) is 4.79 Å². The van der Waals surface area contributed by atoms with Gasteiger partial charge in [0.25, 0.3) is 0 Å². The van der Waals surface area contributed by atoms with Crippen LogP contribution in [0.25, 0.3) is 0 Å². The third kappa shape index (κ3) is 6.50. The first-order chi connectivity index (χ1) is 7.04. The van der Waals surface area contributed by atoms with Crippen LogP contribution in [0.4, 0.5) is 0 Å². The Morgan fingerprint density at radius 1 is 1.13 bits per heavy atom. The molecule has 3 heteroatoms. The first-order valence-corrected chi connectivity index (χ1v) is 5.88. The van der Waals surface area contributed by atoms with Crippen molar-refractivity contribution in [3.05, 3.63) is 0 Å². The van der Waals surface area contributed by atoms with Crippen LogP contribution in [-0.4, -0.2) is 12.6 Å². The van der Waals surface area contributed by atoms with Crippen LogP contribution in [0.5, 0.6) is 0 Å². The standard InChI is InChI=1S/C12H24O3/c1-5-7-9-12(3,4)11(13)15-14-10-8-6-2/h5-10H2,1-4H3. The molecule has 0 amide bonds. The molecule has 0 unspecified atom stereocenters. The van der Waals surface area contributed by atoms with Gasteiger partial charge in [0, 0.05) is 0 Å². The minimum atomic E-state index is -0.428. The Morgan fingerprint density at radius 2 is 1.73 bits per heavy atom. The summed E-state index contributed by atoms with van der Waals surface area (Å²) < 4.78 is 0. The highest BCUT2D eigenvalue weighted by atomic mass is 17.2. The van der Waals surface area contributed by atoms with E-state index in [4.69, 9.17) is 9.78 Å². The molecule has 0 aromatic carbocycles. The largest absolute Gasteiger partial charge is 0.347 e. The van der Waals surface area contributed by atoms with Crippen LogP contribution in [0.15, 0.2) is 0 Å². The molecule has 90 valence electrons. The summed E-state index contributed by atoms with van der Waals surface area (Å²) in [6, 6.07) is 0. The zero-order valence-corrected chi connectivity index (χ0v) is 10.5. The monoisotopic (exact) mass is 216 g/mol. The molecule has 0 spiro atoms. The fourth-order valence-corrected chi connectivity index (χ4v) is 1.13. The van der Waals surface area contributed by atoms with Gasteiger partial charge in [-0.2, -0.15) is 4.89 Å². The van der Waals surface area contributed by atoms with Crippen molar-refractivity contribution in [1.29, 1.82) is 0 Å². The Kier molecular flexibility index (Phi) is 7.39. The van der Waals surface area contributed by atoms with Crippen molar-refractivity contribution >= 4 is 5.97 Å². The Balaban J connectivity index is 3.75. The molecule has 0 bridgehead atoms. The van der Waals surface area contributed by atoms with Gasteiger partial charge in [0.15, 0.2) is 0 Å². The average Bonchev–Trinajstić information content (AvgIpc) is 2.21. The van der Waals surface area contributed by atoms with Crippen LogP contribution < -0.4 is 0 Å². The molecule has 0 saturated heterocycles. The molecule has 0 radical (unpaired) electrons. The van der Waals surface area contributed by atoms with Crippen molar-refractivity contribution in [1.82, 2.24) is 0 Å². The summed E-state index contributed by atoms with van der Waals surface area (Å²) in [6.45, 7) is 8.46. The van der Waals surface area contributed by atoms with Crippen LogP contribution in [0.1, 0.15) is 59.8 Å². The van der Waals surface area contributed by atoms with Gasteiger partial charge in [0.05, 0.1) is 12.0 Å². The lowest BCUT2D eigenvalue weighted by molar-refractivity contribution is -0.280. The van der Waals surface area contributed by atoms with Crippen LogP contribution in [0.2, 0.25) is 0 Å². The Labute approximate surface area is 93.1 Å². The van der Waals surface area contributed by atoms with Crippen molar-refractivity contribution < 1.29 is 14.6 Å². The third-order valence-electron chi connectivity index (χ3n) is 2.42. The van der Waals surface area contributed by atoms with Gasteiger partial charge < -0.3 is 0 Å². The second-order valence-electron chi connectivity index (χ2n) is 4.53. The van der Waals surface area contributed by atoms with Crippen molar-refractivity contribution in [3.63, 3.8) is 0 Å². The van der Waals surface area contributed by atoms with E-state index in [2.05, 4.69) is 13.8 Å². The van der Waals surface area contributed by atoms with E-state index in [-0.39, 0.29) is 5.97 Å². The van der Waals surface area contributed by atoms with Gasteiger partial charge in [0.2, 0.25) is 0 Å². The molecule has 3 nitrogen and oxygen atoms in total. The molecule has 15 heavy (non-hydrogen) atoms. The summed E-state index contributed by atoms with van der Waals surface area (Å²) in [5.74, 6) is -0.257. The highest BCUT2D eigenvalue weighted by molar-refractivity contribution is 5.75. The summed E-state index contributed by atoms with van der Waals surface area (Å²) in [4.78, 5) is 21.2. The van der Waals surface area contributed by atoms with E-state index >= 15 is 0 Å². The predicted octanol–water partition coefficient (Wildman–Crippen LogP) is 3.48. The molecule has 0 atom stereocenters. The predicted molar refractivity (Wildman–Crippen MR) is 60.3 cm³/mol. The van der Waals surface area contributed by atoms with Gasteiger partial charge in [0.1, 0.15) is 0 Å². The number of rotatable bonds is 8. The molecule has 0 fully saturated rings. The molecular formula is C12H24O3. The zero-order valence-electron chi connectivity index (χ0n) is 10.5. The van der Waals surface area contributed by atoms with E-state index in [0.29, 0.717) is 6.61 Å². The Hall–Kier alpha value is -0.570. The van der Waals surface area contributed by atoms with E-state index in [9.17, 15) is 4.79 Å². The smallest absolute Gasteiger partial charge is 0.298 e. The first kappa shape index (κ1) is 14.4. The maximum Gasteiger partial charge on any atom is 0.347 e. The second kappa shape index (κ2) is 7.69. The average molecular weight is 216 g/mol. The number of carbonyl (C=O) groups excluding carboxylic acids is 1. The molecule has 0 aliphatic carbocycles. The van der Waals surface area contributed by atoms with Crippen LogP contribution in [0.3, 0.4) is 0 Å². The molecule has 0 aromatic rings. The summed E-state index contributed by atoms with van der Waals surface area (Å²) in [6.07, 6.45) is 4.93. The van der Waals surface area contributed by atoms with Crippen molar-refractivity contribution in [2.24, 2.45) is 5.41 Å². The van der Waals surface area contributed by atoms with E-state index in [1.807, 2.05) is 13.8 Å². The molecule has 0 saturated carbocycles. The molecular weight excluding hydrogens is 192 g/mol. The van der Waals surface area contributed by atoms with Gasteiger partial charge in [-0.3, -0.25) is 4.89 Å². The third-order valence-corrected chi connectivity index (χ3v) is 2.42. The number of hydrogen-bond acceptors (Lipinski definition) is 3. The molecule has 0 heterocycles. The first-order valence-electron chi connectivity index (χ1n) is 5.88. The summed E-state index contributed by atoms with van der Waals surface area (Å²) in [5, 5.41) is 0. The summed E-state index contributed by atoms with van der Waals surface area (Å²) >= 11 is 0. The van der Waals surface area contributed by atoms with Crippen molar-refractivity contribution in [3.8, 4) is 0 Å². The molecule has 0 aromatic heterocycles. The Morgan fingerprint density at radius 3 is 2.27 bits per heavy atom. The zero-order chi connectivity index (χ0) is 11.7. The van der Waals surface area contributed by atoms with E-state index < -0.39 is 5.41 Å². The highest BCUT2D eigenvalue weighted by Gasteiger charge is 2.29. The lowest BCUT2D eigenvalue weighted by Gasteiger charge is -2.20. The maximum absolute atomic E-state index is 11.6. The van der Waals surface area contributed by atoms with E-state index in [0.717, 1.165) is 32.1 Å². The van der Waals surface area contributed by atoms with Gasteiger partial charge in [-0.1, -0.05) is 33.1 Å². The lowest BCUT2D eigenvalue weighted by Crippen LogP contribution is -2.26. The van der Waals surface area contributed by atoms with E-state index in [1.54, 1.807) is 0 Å².